The number of hydrogen-bond donors (Lipinski definition) is 2. The minimum Gasteiger partial charge on any atom is -0.493 e. The topological polar surface area (TPSA) is 93.7 Å². The first-order chi connectivity index (χ1) is 14.3. The number of hydrogen-bond acceptors (Lipinski definition) is 5. The summed E-state index contributed by atoms with van der Waals surface area (Å²) in [5.74, 6) is 1.85. The summed E-state index contributed by atoms with van der Waals surface area (Å²) in [6, 6.07) is 9.94. The van der Waals surface area contributed by atoms with Crippen molar-refractivity contribution in [3.05, 3.63) is 53.6 Å². The molecular formula is C20H20F2N2O5S. The van der Waals surface area contributed by atoms with Crippen molar-refractivity contribution in [1.82, 2.24) is 10.0 Å². The minimum absolute atomic E-state index is 0.0147. The second-order valence-corrected chi connectivity index (χ2v) is 7.69. The van der Waals surface area contributed by atoms with E-state index in [1.165, 1.54) is 43.5 Å². The van der Waals surface area contributed by atoms with Gasteiger partial charge in [-0.05, 0) is 48.4 Å². The molecule has 0 spiro atoms. The minimum atomic E-state index is -3.74. The third-order valence-electron chi connectivity index (χ3n) is 3.93. The smallest absolute Gasteiger partial charge is 0.387 e. The molecule has 30 heavy (non-hydrogen) atoms. The highest BCUT2D eigenvalue weighted by Crippen LogP contribution is 2.29. The number of methoxy groups -OCH3 is 1. The van der Waals surface area contributed by atoms with Crippen LogP contribution >= 0.6 is 0 Å². The maximum Gasteiger partial charge on any atom is 0.387 e. The van der Waals surface area contributed by atoms with Crippen LogP contribution in [0.2, 0.25) is 0 Å². The summed E-state index contributed by atoms with van der Waals surface area (Å²) < 4.78 is 60.5. The van der Waals surface area contributed by atoms with Crippen molar-refractivity contribution < 1.29 is 31.5 Å². The standard InChI is InChI=1S/C20H20F2N2O5S/c1-3-11-24-30(26,27)16-7-5-15(6-8-16)19(25)23-12-10-14-4-9-17(28-2)18(13-14)29-20(21)22/h1,4-9,13,20,24H,10-12H2,2H3,(H,23,25). The number of amides is 1. The van der Waals surface area contributed by atoms with Crippen LogP contribution in [0.4, 0.5) is 8.78 Å². The van der Waals surface area contributed by atoms with Crippen LogP contribution in [0.5, 0.6) is 11.5 Å². The van der Waals surface area contributed by atoms with E-state index in [2.05, 4.69) is 20.7 Å². The molecule has 2 N–H and O–H groups in total. The average Bonchev–Trinajstić information content (AvgIpc) is 2.72. The van der Waals surface area contributed by atoms with Crippen LogP contribution in [0.1, 0.15) is 15.9 Å². The molecule has 0 bridgehead atoms. The van der Waals surface area contributed by atoms with Gasteiger partial charge in [0.05, 0.1) is 18.6 Å². The third-order valence-corrected chi connectivity index (χ3v) is 5.35. The molecule has 0 unspecified atom stereocenters. The molecule has 7 nitrogen and oxygen atoms in total. The molecule has 0 radical (unpaired) electrons. The molecule has 0 aliphatic heterocycles. The van der Waals surface area contributed by atoms with E-state index in [0.717, 1.165) is 0 Å². The molecule has 2 aromatic rings. The second-order valence-electron chi connectivity index (χ2n) is 5.92. The van der Waals surface area contributed by atoms with Crippen molar-refractivity contribution in [1.29, 1.82) is 0 Å². The molecule has 0 fully saturated rings. The lowest BCUT2D eigenvalue weighted by Crippen LogP contribution is -2.26. The van der Waals surface area contributed by atoms with Gasteiger partial charge in [-0.3, -0.25) is 4.79 Å². The Hall–Kier alpha value is -3.16. The van der Waals surface area contributed by atoms with Crippen molar-refractivity contribution in [2.75, 3.05) is 20.2 Å². The van der Waals surface area contributed by atoms with Gasteiger partial charge in [0.25, 0.3) is 5.91 Å². The van der Waals surface area contributed by atoms with Crippen LogP contribution in [-0.2, 0) is 16.4 Å². The fraction of sp³-hybridized carbons (Fsp3) is 0.250. The van der Waals surface area contributed by atoms with Crippen molar-refractivity contribution in [3.63, 3.8) is 0 Å². The van der Waals surface area contributed by atoms with Crippen LogP contribution < -0.4 is 19.5 Å². The number of terminal acetylenes is 1. The molecule has 0 saturated heterocycles. The molecular weight excluding hydrogens is 418 g/mol. The molecule has 0 aromatic heterocycles. The average molecular weight is 438 g/mol. The van der Waals surface area contributed by atoms with Gasteiger partial charge in [-0.1, -0.05) is 12.0 Å². The predicted octanol–water partition coefficient (Wildman–Crippen LogP) is 2.18. The first-order valence-electron chi connectivity index (χ1n) is 8.70. The predicted molar refractivity (Wildman–Crippen MR) is 106 cm³/mol. The van der Waals surface area contributed by atoms with Gasteiger partial charge in [-0.15, -0.1) is 6.42 Å². The molecule has 0 atom stereocenters. The van der Waals surface area contributed by atoms with E-state index < -0.39 is 22.5 Å². The zero-order chi connectivity index (χ0) is 22.1. The Labute approximate surface area is 173 Å². The number of sulfonamides is 1. The number of rotatable bonds is 10. The summed E-state index contributed by atoms with van der Waals surface area (Å²) in [5, 5.41) is 2.68. The van der Waals surface area contributed by atoms with Crippen molar-refractivity contribution in [2.24, 2.45) is 0 Å². The lowest BCUT2D eigenvalue weighted by molar-refractivity contribution is -0.0512. The maximum absolute atomic E-state index is 12.5. The Bertz CT molecular complexity index is 1020. The van der Waals surface area contributed by atoms with E-state index in [1.54, 1.807) is 6.07 Å². The summed E-state index contributed by atoms with van der Waals surface area (Å²) in [5.41, 5.74) is 0.926. The quantitative estimate of drug-likeness (QED) is 0.555. The summed E-state index contributed by atoms with van der Waals surface area (Å²) in [7, 11) is -2.39. The highest BCUT2D eigenvalue weighted by atomic mass is 32.2. The zero-order valence-electron chi connectivity index (χ0n) is 16.0. The highest BCUT2D eigenvalue weighted by Gasteiger charge is 2.14. The van der Waals surface area contributed by atoms with Gasteiger partial charge in [0.2, 0.25) is 10.0 Å². The maximum atomic E-state index is 12.5. The number of nitrogens with one attached hydrogen (secondary N) is 2. The normalized spacial score (nSPS) is 11.0. The molecule has 0 heterocycles. The van der Waals surface area contributed by atoms with Crippen LogP contribution in [0.3, 0.4) is 0 Å². The van der Waals surface area contributed by atoms with Gasteiger partial charge >= 0.3 is 6.61 Å². The molecule has 0 aliphatic rings. The Morgan fingerprint density at radius 2 is 1.87 bits per heavy atom. The Balaban J connectivity index is 1.96. The van der Waals surface area contributed by atoms with Crippen LogP contribution in [0.15, 0.2) is 47.4 Å². The Kier molecular flexibility index (Phi) is 8.15. The largest absolute Gasteiger partial charge is 0.493 e. The van der Waals surface area contributed by atoms with Gasteiger partial charge in [0.1, 0.15) is 0 Å². The Morgan fingerprint density at radius 1 is 1.17 bits per heavy atom. The van der Waals surface area contributed by atoms with Gasteiger partial charge < -0.3 is 14.8 Å². The van der Waals surface area contributed by atoms with Crippen molar-refractivity contribution in [3.8, 4) is 23.8 Å². The summed E-state index contributed by atoms with van der Waals surface area (Å²) in [6.07, 6.45) is 5.39. The Morgan fingerprint density at radius 3 is 2.47 bits per heavy atom. The molecule has 160 valence electrons. The molecule has 10 heteroatoms. The first-order valence-corrected chi connectivity index (χ1v) is 10.2. The lowest BCUT2D eigenvalue weighted by Gasteiger charge is -2.12. The summed E-state index contributed by atoms with van der Waals surface area (Å²) in [4.78, 5) is 12.2. The number of carbonyl (C=O) groups is 1. The van der Waals surface area contributed by atoms with E-state index in [4.69, 9.17) is 11.2 Å². The number of halogens is 2. The first kappa shape index (κ1) is 23.1. The van der Waals surface area contributed by atoms with Gasteiger partial charge in [-0.2, -0.15) is 13.5 Å². The van der Waals surface area contributed by atoms with E-state index >= 15 is 0 Å². The summed E-state index contributed by atoms with van der Waals surface area (Å²) >= 11 is 0. The van der Waals surface area contributed by atoms with Crippen LogP contribution in [-0.4, -0.2) is 41.1 Å². The second kappa shape index (κ2) is 10.6. The van der Waals surface area contributed by atoms with Crippen molar-refractivity contribution >= 4 is 15.9 Å². The van der Waals surface area contributed by atoms with Crippen molar-refractivity contribution in [2.45, 2.75) is 17.9 Å². The fourth-order valence-electron chi connectivity index (χ4n) is 2.49. The van der Waals surface area contributed by atoms with Gasteiger partial charge in [-0.25, -0.2) is 8.42 Å². The highest BCUT2D eigenvalue weighted by molar-refractivity contribution is 7.89. The van der Waals surface area contributed by atoms with Crippen LogP contribution in [0.25, 0.3) is 0 Å². The lowest BCUT2D eigenvalue weighted by atomic mass is 10.1. The zero-order valence-corrected chi connectivity index (χ0v) is 16.8. The molecule has 0 saturated carbocycles. The van der Waals surface area contributed by atoms with Gasteiger partial charge in [0.15, 0.2) is 11.5 Å². The number of ether oxygens (including phenoxy) is 2. The SMILES string of the molecule is C#CCNS(=O)(=O)c1ccc(C(=O)NCCc2ccc(OC)c(OC(F)F)c2)cc1. The monoisotopic (exact) mass is 438 g/mol. The van der Waals surface area contributed by atoms with E-state index in [-0.39, 0.29) is 35.0 Å². The van der Waals surface area contributed by atoms with E-state index in [9.17, 15) is 22.0 Å². The van der Waals surface area contributed by atoms with E-state index in [1.807, 2.05) is 0 Å². The van der Waals surface area contributed by atoms with Crippen LogP contribution in [0, 0.1) is 12.3 Å². The third kappa shape index (κ3) is 6.43. The van der Waals surface area contributed by atoms with Gasteiger partial charge in [0, 0.05) is 12.1 Å². The molecule has 2 aromatic carbocycles. The summed E-state index contributed by atoms with van der Waals surface area (Å²) in [6.45, 7) is -2.90. The number of alkyl halides is 2. The molecule has 2 rings (SSSR count). The number of carbonyl (C=O) groups excluding carboxylic acids is 1. The molecule has 0 aliphatic carbocycles. The number of benzene rings is 2. The molecule has 1 amide bonds. The fourth-order valence-corrected chi connectivity index (χ4v) is 3.43. The van der Waals surface area contributed by atoms with E-state index in [0.29, 0.717) is 12.0 Å².